The van der Waals surface area contributed by atoms with Gasteiger partial charge >= 0.3 is 18.2 Å². The SMILES string of the molecule is CC(C)C[C@H](OC(=O)Nc1ccc(C(F)(F)F)cc1)C(=O)N(CC(=O)O)C(C)C. The molecule has 1 aromatic carbocycles. The second-order valence-corrected chi connectivity index (χ2v) is 7.18. The second-order valence-electron chi connectivity index (χ2n) is 7.18. The first-order valence-electron chi connectivity index (χ1n) is 8.98. The van der Waals surface area contributed by atoms with Crippen LogP contribution in [-0.4, -0.2) is 46.7 Å². The molecule has 0 spiro atoms. The van der Waals surface area contributed by atoms with Gasteiger partial charge in [-0.05, 0) is 50.5 Å². The van der Waals surface area contributed by atoms with E-state index in [4.69, 9.17) is 9.84 Å². The van der Waals surface area contributed by atoms with Gasteiger partial charge in [-0.15, -0.1) is 0 Å². The van der Waals surface area contributed by atoms with Gasteiger partial charge in [-0.25, -0.2) is 4.79 Å². The standard InChI is InChI=1S/C19H25F3N2O5/c1-11(2)9-15(17(27)24(12(3)4)10-16(25)26)29-18(28)23-14-7-5-13(6-8-14)19(20,21)22/h5-8,11-12,15H,9-10H2,1-4H3,(H,23,28)(H,25,26)/t15-/m0/s1. The van der Waals surface area contributed by atoms with E-state index in [0.717, 1.165) is 29.2 Å². The molecule has 7 nitrogen and oxygen atoms in total. The van der Waals surface area contributed by atoms with Crippen molar-refractivity contribution in [2.75, 3.05) is 11.9 Å². The van der Waals surface area contributed by atoms with Crippen LogP contribution in [0.3, 0.4) is 0 Å². The molecule has 0 heterocycles. The number of hydrogen-bond acceptors (Lipinski definition) is 4. The second kappa shape index (κ2) is 10.1. The summed E-state index contributed by atoms with van der Waals surface area (Å²) in [5, 5.41) is 11.3. The lowest BCUT2D eigenvalue weighted by atomic mass is 10.0. The summed E-state index contributed by atoms with van der Waals surface area (Å²) in [6.07, 6.45) is -6.60. The number of nitrogens with zero attached hydrogens (tertiary/aromatic N) is 1. The number of anilines is 1. The number of ether oxygens (including phenoxy) is 1. The Morgan fingerprint density at radius 2 is 1.66 bits per heavy atom. The minimum atomic E-state index is -4.50. The Morgan fingerprint density at radius 3 is 2.07 bits per heavy atom. The zero-order chi connectivity index (χ0) is 22.4. The Bertz CT molecular complexity index is 718. The number of carboxylic acid groups (broad SMARTS) is 1. The molecule has 1 rings (SSSR count). The normalized spacial score (nSPS) is 12.6. The van der Waals surface area contributed by atoms with Crippen molar-refractivity contribution >= 4 is 23.7 Å². The first kappa shape index (κ1) is 24.3. The molecule has 0 aliphatic rings. The molecule has 0 radical (unpaired) electrons. The molecule has 162 valence electrons. The van der Waals surface area contributed by atoms with E-state index in [1.807, 2.05) is 0 Å². The molecule has 0 aliphatic carbocycles. The van der Waals surface area contributed by atoms with Crippen molar-refractivity contribution in [3.05, 3.63) is 29.8 Å². The predicted molar refractivity (Wildman–Crippen MR) is 99.3 cm³/mol. The first-order chi connectivity index (χ1) is 13.3. The summed E-state index contributed by atoms with van der Waals surface area (Å²) >= 11 is 0. The number of rotatable bonds is 8. The fourth-order valence-corrected chi connectivity index (χ4v) is 2.49. The van der Waals surface area contributed by atoms with Gasteiger partial charge in [0.2, 0.25) is 0 Å². The van der Waals surface area contributed by atoms with Crippen molar-refractivity contribution < 1.29 is 37.4 Å². The van der Waals surface area contributed by atoms with Crippen molar-refractivity contribution in [1.29, 1.82) is 0 Å². The smallest absolute Gasteiger partial charge is 0.416 e. The highest BCUT2D eigenvalue weighted by Crippen LogP contribution is 2.29. The highest BCUT2D eigenvalue weighted by Gasteiger charge is 2.32. The Kier molecular flexibility index (Phi) is 8.47. The van der Waals surface area contributed by atoms with E-state index in [1.165, 1.54) is 0 Å². The molecule has 29 heavy (non-hydrogen) atoms. The van der Waals surface area contributed by atoms with Crippen LogP contribution in [0.2, 0.25) is 0 Å². The molecule has 10 heteroatoms. The highest BCUT2D eigenvalue weighted by molar-refractivity contribution is 5.90. The van der Waals surface area contributed by atoms with Crippen LogP contribution < -0.4 is 5.32 Å². The van der Waals surface area contributed by atoms with E-state index in [-0.39, 0.29) is 18.0 Å². The zero-order valence-electron chi connectivity index (χ0n) is 16.6. The maximum atomic E-state index is 12.7. The van der Waals surface area contributed by atoms with Crippen molar-refractivity contribution in [1.82, 2.24) is 4.90 Å². The number of carboxylic acids is 1. The number of benzene rings is 1. The van der Waals surface area contributed by atoms with E-state index < -0.39 is 48.4 Å². The lowest BCUT2D eigenvalue weighted by molar-refractivity contribution is -0.150. The number of hydrogen-bond donors (Lipinski definition) is 2. The van der Waals surface area contributed by atoms with Gasteiger partial charge in [0, 0.05) is 11.7 Å². The van der Waals surface area contributed by atoms with E-state index >= 15 is 0 Å². The average molecular weight is 418 g/mol. The van der Waals surface area contributed by atoms with Gasteiger partial charge in [-0.1, -0.05) is 13.8 Å². The van der Waals surface area contributed by atoms with E-state index in [1.54, 1.807) is 27.7 Å². The molecule has 2 N–H and O–H groups in total. The van der Waals surface area contributed by atoms with Gasteiger partial charge in [0.25, 0.3) is 5.91 Å². The Labute approximate surface area is 166 Å². The molecule has 0 saturated heterocycles. The number of alkyl halides is 3. The van der Waals surface area contributed by atoms with Gasteiger partial charge in [0.05, 0.1) is 5.56 Å². The minimum absolute atomic E-state index is 0.0401. The maximum Gasteiger partial charge on any atom is 0.416 e. The highest BCUT2D eigenvalue weighted by atomic mass is 19.4. The topological polar surface area (TPSA) is 95.9 Å². The van der Waals surface area contributed by atoms with Gasteiger partial charge in [0.15, 0.2) is 6.10 Å². The van der Waals surface area contributed by atoms with Crippen LogP contribution in [0.25, 0.3) is 0 Å². The van der Waals surface area contributed by atoms with Crippen LogP contribution in [0.5, 0.6) is 0 Å². The summed E-state index contributed by atoms with van der Waals surface area (Å²) in [6, 6.07) is 3.30. The molecule has 0 saturated carbocycles. The lowest BCUT2D eigenvalue weighted by Crippen LogP contribution is -2.48. The van der Waals surface area contributed by atoms with Gasteiger partial charge < -0.3 is 14.7 Å². The Balaban J connectivity index is 2.90. The van der Waals surface area contributed by atoms with E-state index in [9.17, 15) is 27.6 Å². The molecule has 0 unspecified atom stereocenters. The number of halogens is 3. The number of carbonyl (C=O) groups excluding carboxylic acids is 2. The maximum absolute atomic E-state index is 12.7. The van der Waals surface area contributed by atoms with E-state index in [2.05, 4.69) is 5.32 Å². The fourth-order valence-electron chi connectivity index (χ4n) is 2.49. The quantitative estimate of drug-likeness (QED) is 0.666. The summed E-state index contributed by atoms with van der Waals surface area (Å²) in [6.45, 7) is 6.32. The van der Waals surface area contributed by atoms with Crippen molar-refractivity contribution in [3.8, 4) is 0 Å². The summed E-state index contributed by atoms with van der Waals surface area (Å²) in [5.74, 6) is -1.90. The molecule has 1 atom stereocenters. The average Bonchev–Trinajstić information content (AvgIpc) is 2.57. The summed E-state index contributed by atoms with van der Waals surface area (Å²) < 4.78 is 43.0. The van der Waals surface area contributed by atoms with Crippen LogP contribution >= 0.6 is 0 Å². The van der Waals surface area contributed by atoms with Gasteiger partial charge in [-0.3, -0.25) is 14.9 Å². The molecule has 2 amide bonds. The van der Waals surface area contributed by atoms with Crippen molar-refractivity contribution in [2.24, 2.45) is 5.92 Å². The molecule has 0 aliphatic heterocycles. The lowest BCUT2D eigenvalue weighted by Gasteiger charge is -2.29. The molecule has 0 fully saturated rings. The van der Waals surface area contributed by atoms with Gasteiger partial charge in [0.1, 0.15) is 6.54 Å². The van der Waals surface area contributed by atoms with Crippen LogP contribution in [-0.2, 0) is 20.5 Å². The summed E-state index contributed by atoms with van der Waals surface area (Å²) in [5.41, 5.74) is -0.810. The predicted octanol–water partition coefficient (Wildman–Crippen LogP) is 3.99. The largest absolute Gasteiger partial charge is 0.480 e. The van der Waals surface area contributed by atoms with Crippen LogP contribution in [0, 0.1) is 5.92 Å². The number of aliphatic carboxylic acids is 1. The molecule has 1 aromatic rings. The van der Waals surface area contributed by atoms with Crippen molar-refractivity contribution in [3.63, 3.8) is 0 Å². The minimum Gasteiger partial charge on any atom is -0.480 e. The molecular formula is C19H25F3N2O5. The summed E-state index contributed by atoms with van der Waals surface area (Å²) in [7, 11) is 0. The van der Waals surface area contributed by atoms with Crippen molar-refractivity contribution in [2.45, 2.75) is 52.4 Å². The van der Waals surface area contributed by atoms with Crippen LogP contribution in [0.1, 0.15) is 39.7 Å². The zero-order valence-corrected chi connectivity index (χ0v) is 16.6. The molecule has 0 aromatic heterocycles. The summed E-state index contributed by atoms with van der Waals surface area (Å²) in [4.78, 5) is 37.0. The number of carbonyl (C=O) groups is 3. The van der Waals surface area contributed by atoms with Gasteiger partial charge in [-0.2, -0.15) is 13.2 Å². The Hall–Kier alpha value is -2.78. The third-order valence-electron chi connectivity index (χ3n) is 3.88. The van der Waals surface area contributed by atoms with Crippen LogP contribution in [0.4, 0.5) is 23.7 Å². The monoisotopic (exact) mass is 418 g/mol. The first-order valence-corrected chi connectivity index (χ1v) is 8.98. The van der Waals surface area contributed by atoms with E-state index in [0.29, 0.717) is 0 Å². The third-order valence-corrected chi connectivity index (χ3v) is 3.88. The number of nitrogens with one attached hydrogen (secondary N) is 1. The molecular weight excluding hydrogens is 393 g/mol. The molecule has 0 bridgehead atoms. The number of amides is 2. The fraction of sp³-hybridized carbons (Fsp3) is 0.526. The Morgan fingerprint density at radius 1 is 1.10 bits per heavy atom. The third kappa shape index (κ3) is 8.00. The van der Waals surface area contributed by atoms with Crippen LogP contribution in [0.15, 0.2) is 24.3 Å².